The molecular formula is C80H153NO5. The van der Waals surface area contributed by atoms with Gasteiger partial charge in [0.2, 0.25) is 5.91 Å². The fraction of sp³-hybridized carbons (Fsp3) is 0.900. The molecule has 0 aliphatic carbocycles. The highest BCUT2D eigenvalue weighted by atomic mass is 16.5. The average molecular weight is 1210 g/mol. The number of aliphatic hydroxyl groups is 2. The molecule has 0 radical (unpaired) electrons. The third-order valence-corrected chi connectivity index (χ3v) is 18.4. The molecule has 0 heterocycles. The molecule has 0 aromatic carbocycles. The van der Waals surface area contributed by atoms with Gasteiger partial charge < -0.3 is 20.3 Å². The van der Waals surface area contributed by atoms with Crippen LogP contribution in [0, 0.1) is 0 Å². The van der Waals surface area contributed by atoms with E-state index in [9.17, 15) is 19.8 Å². The molecule has 0 rings (SSSR count). The zero-order chi connectivity index (χ0) is 62.0. The molecule has 0 bridgehead atoms. The summed E-state index contributed by atoms with van der Waals surface area (Å²) >= 11 is 0. The normalized spacial score (nSPS) is 12.7. The Morgan fingerprint density at radius 3 is 0.826 bits per heavy atom. The lowest BCUT2D eigenvalue weighted by Gasteiger charge is -2.20. The Kier molecular flexibility index (Phi) is 73.9. The van der Waals surface area contributed by atoms with Crippen LogP contribution in [0.1, 0.15) is 438 Å². The van der Waals surface area contributed by atoms with Crippen LogP contribution in [-0.2, 0) is 14.3 Å². The minimum atomic E-state index is -0.842. The molecule has 0 aromatic heterocycles. The predicted octanol–water partition coefficient (Wildman–Crippen LogP) is 25.8. The molecule has 0 saturated heterocycles. The van der Waals surface area contributed by atoms with Crippen molar-refractivity contribution in [3.8, 4) is 0 Å². The van der Waals surface area contributed by atoms with Gasteiger partial charge in [0.15, 0.2) is 0 Å². The zero-order valence-electron chi connectivity index (χ0n) is 58.3. The van der Waals surface area contributed by atoms with Gasteiger partial charge in [0, 0.05) is 12.8 Å². The first kappa shape index (κ1) is 84.1. The number of carbonyl (C=O) groups is 2. The summed E-state index contributed by atoms with van der Waals surface area (Å²) in [6, 6.07) is -0.625. The van der Waals surface area contributed by atoms with Crippen LogP contribution in [0.3, 0.4) is 0 Å². The van der Waals surface area contributed by atoms with Gasteiger partial charge in [0.1, 0.15) is 0 Å². The number of unbranched alkanes of at least 4 members (excludes halogenated alkanes) is 59. The van der Waals surface area contributed by atoms with Gasteiger partial charge in [-0.3, -0.25) is 9.59 Å². The molecule has 3 N–H and O–H groups in total. The lowest BCUT2D eigenvalue weighted by Crippen LogP contribution is -2.45. The number of nitrogens with one attached hydrogen (secondary N) is 1. The summed E-state index contributed by atoms with van der Waals surface area (Å²) < 4.78 is 5.50. The van der Waals surface area contributed by atoms with Crippen LogP contribution in [0.4, 0.5) is 0 Å². The Morgan fingerprint density at radius 1 is 0.314 bits per heavy atom. The number of rotatable bonds is 74. The second-order valence-electron chi connectivity index (χ2n) is 27.0. The molecule has 1 amide bonds. The molecule has 0 fully saturated rings. The Morgan fingerprint density at radius 2 is 0.547 bits per heavy atom. The van der Waals surface area contributed by atoms with Crippen molar-refractivity contribution < 1.29 is 24.5 Å². The molecule has 0 aliphatic heterocycles. The average Bonchev–Trinajstić information content (AvgIpc) is 3.60. The maximum absolute atomic E-state index is 12.5. The number of hydrogen-bond donors (Lipinski definition) is 3. The Hall–Kier alpha value is -1.92. The highest BCUT2D eigenvalue weighted by Crippen LogP contribution is 2.19. The monoisotopic (exact) mass is 1210 g/mol. The third kappa shape index (κ3) is 71.2. The fourth-order valence-electron chi connectivity index (χ4n) is 12.4. The lowest BCUT2D eigenvalue weighted by molar-refractivity contribution is -0.143. The molecule has 2 atom stereocenters. The van der Waals surface area contributed by atoms with Crippen LogP contribution in [0.5, 0.6) is 0 Å². The van der Waals surface area contributed by atoms with Crippen molar-refractivity contribution in [3.63, 3.8) is 0 Å². The highest BCUT2D eigenvalue weighted by Gasteiger charge is 2.18. The van der Waals surface area contributed by atoms with Gasteiger partial charge in [-0.2, -0.15) is 0 Å². The number of esters is 1. The first-order valence-electron chi connectivity index (χ1n) is 39.3. The molecule has 0 aliphatic rings. The van der Waals surface area contributed by atoms with E-state index in [0.717, 1.165) is 44.9 Å². The van der Waals surface area contributed by atoms with E-state index in [1.165, 1.54) is 366 Å². The number of allylic oxidation sites excluding steroid dienone is 5. The van der Waals surface area contributed by atoms with E-state index in [-0.39, 0.29) is 18.5 Å². The zero-order valence-corrected chi connectivity index (χ0v) is 58.3. The SMILES string of the molecule is CCCCCCCCC/C=C\CCCCCCCC(=O)OCCCCCCCCCCCCCCCCCC/C=C\CCCCCCCCCCCCCCCCCCCC(=O)NC(CO)C(O)/C=C/CCCCCCCCCCCCCCCC. The molecule has 0 spiro atoms. The van der Waals surface area contributed by atoms with Crippen LogP contribution in [0.25, 0.3) is 0 Å². The minimum absolute atomic E-state index is 0.0145. The molecular weight excluding hydrogens is 1050 g/mol. The van der Waals surface area contributed by atoms with E-state index in [1.54, 1.807) is 6.08 Å². The number of hydrogen-bond acceptors (Lipinski definition) is 5. The molecule has 0 saturated carbocycles. The predicted molar refractivity (Wildman–Crippen MR) is 379 cm³/mol. The topological polar surface area (TPSA) is 95.9 Å². The molecule has 2 unspecified atom stereocenters. The van der Waals surface area contributed by atoms with Crippen molar-refractivity contribution in [2.24, 2.45) is 0 Å². The summed E-state index contributed by atoms with van der Waals surface area (Å²) in [5.41, 5.74) is 0. The van der Waals surface area contributed by atoms with Gasteiger partial charge in [-0.25, -0.2) is 0 Å². The quantitative estimate of drug-likeness (QED) is 0.0320. The maximum Gasteiger partial charge on any atom is 0.305 e. The highest BCUT2D eigenvalue weighted by molar-refractivity contribution is 5.76. The lowest BCUT2D eigenvalue weighted by atomic mass is 10.0. The summed E-state index contributed by atoms with van der Waals surface area (Å²) in [5.74, 6) is -0.0465. The smallest absolute Gasteiger partial charge is 0.305 e. The summed E-state index contributed by atoms with van der Waals surface area (Å²) in [7, 11) is 0. The van der Waals surface area contributed by atoms with E-state index in [2.05, 4.69) is 43.5 Å². The van der Waals surface area contributed by atoms with Gasteiger partial charge in [-0.05, 0) is 83.5 Å². The van der Waals surface area contributed by atoms with Crippen molar-refractivity contribution in [2.45, 2.75) is 450 Å². The van der Waals surface area contributed by atoms with Gasteiger partial charge in [-0.15, -0.1) is 0 Å². The first-order chi connectivity index (χ1) is 42.5. The largest absolute Gasteiger partial charge is 0.466 e. The first-order valence-corrected chi connectivity index (χ1v) is 39.3. The molecule has 6 heteroatoms. The van der Waals surface area contributed by atoms with E-state index in [0.29, 0.717) is 19.4 Å². The Labute approximate surface area is 538 Å². The summed E-state index contributed by atoms with van der Waals surface area (Å²) in [4.78, 5) is 24.6. The maximum atomic E-state index is 12.5. The number of ether oxygens (including phenoxy) is 1. The Bertz CT molecular complexity index is 1390. The van der Waals surface area contributed by atoms with E-state index < -0.39 is 12.1 Å². The van der Waals surface area contributed by atoms with Gasteiger partial charge in [-0.1, -0.05) is 378 Å². The number of aliphatic hydroxyl groups excluding tert-OH is 2. The van der Waals surface area contributed by atoms with Crippen LogP contribution in [0.2, 0.25) is 0 Å². The summed E-state index contributed by atoms with van der Waals surface area (Å²) in [6.45, 7) is 4.94. The van der Waals surface area contributed by atoms with Crippen molar-refractivity contribution >= 4 is 11.9 Å². The number of carbonyl (C=O) groups excluding carboxylic acids is 2. The van der Waals surface area contributed by atoms with Gasteiger partial charge >= 0.3 is 5.97 Å². The Balaban J connectivity index is 3.34. The second kappa shape index (κ2) is 75.5. The van der Waals surface area contributed by atoms with Crippen molar-refractivity contribution in [2.75, 3.05) is 13.2 Å². The van der Waals surface area contributed by atoms with E-state index >= 15 is 0 Å². The van der Waals surface area contributed by atoms with Crippen LogP contribution < -0.4 is 5.32 Å². The number of amides is 1. The summed E-state index contributed by atoms with van der Waals surface area (Å²) in [6.07, 6.45) is 98.4. The molecule has 0 aromatic rings. The summed E-state index contributed by atoms with van der Waals surface area (Å²) in [5, 5.41) is 23.2. The second-order valence-corrected chi connectivity index (χ2v) is 27.0. The standard InChI is InChI=1S/C80H153NO5/c1-3-5-7-9-11-13-15-17-19-44-48-52-56-60-64-68-72-78(83)77(76-82)81-79(84)73-69-65-61-57-53-49-45-42-40-38-36-34-32-30-28-26-24-22-21-23-25-27-29-31-33-35-37-39-41-43-47-51-55-59-63-67-71-75-86-80(85)74-70-66-62-58-54-50-46-20-18-16-14-12-10-8-6-4-2/h20-21,23,46,68,72,77-78,82-83H,3-19,22,24-45,47-67,69-71,73-76H2,1-2H3,(H,81,84)/b23-21-,46-20-,72-68+. The van der Waals surface area contributed by atoms with Crippen LogP contribution in [0.15, 0.2) is 36.5 Å². The van der Waals surface area contributed by atoms with Crippen LogP contribution in [-0.4, -0.2) is 47.4 Å². The molecule has 86 heavy (non-hydrogen) atoms. The van der Waals surface area contributed by atoms with Crippen molar-refractivity contribution in [1.29, 1.82) is 0 Å². The van der Waals surface area contributed by atoms with E-state index in [4.69, 9.17) is 4.74 Å². The molecule has 6 nitrogen and oxygen atoms in total. The fourth-order valence-corrected chi connectivity index (χ4v) is 12.4. The van der Waals surface area contributed by atoms with E-state index in [1.807, 2.05) is 6.08 Å². The van der Waals surface area contributed by atoms with Gasteiger partial charge in [0.05, 0.1) is 25.4 Å². The molecule has 508 valence electrons. The minimum Gasteiger partial charge on any atom is -0.466 e. The van der Waals surface area contributed by atoms with Crippen LogP contribution >= 0.6 is 0 Å². The van der Waals surface area contributed by atoms with Gasteiger partial charge in [0.25, 0.3) is 0 Å². The van der Waals surface area contributed by atoms with Crippen molar-refractivity contribution in [1.82, 2.24) is 5.32 Å². The van der Waals surface area contributed by atoms with Crippen molar-refractivity contribution in [3.05, 3.63) is 36.5 Å². The third-order valence-electron chi connectivity index (χ3n) is 18.4.